The van der Waals surface area contributed by atoms with Crippen molar-refractivity contribution in [2.75, 3.05) is 0 Å². The molecule has 0 unspecified atom stereocenters. The van der Waals surface area contributed by atoms with E-state index in [2.05, 4.69) is 0 Å². The zero-order chi connectivity index (χ0) is 11.4. The van der Waals surface area contributed by atoms with Gasteiger partial charge >= 0.3 is 0 Å². The summed E-state index contributed by atoms with van der Waals surface area (Å²) in [5, 5.41) is 18.3. The molecule has 0 spiro atoms. The maximum absolute atomic E-state index is 13.1. The number of benzene rings is 1. The Morgan fingerprint density at radius 1 is 1.56 bits per heavy atom. The molecule has 0 radical (unpaired) electrons. The first-order valence-electron chi connectivity index (χ1n) is 4.78. The molecule has 0 aliphatic carbocycles. The molecule has 5 heteroatoms. The Morgan fingerprint density at radius 2 is 2.19 bits per heavy atom. The van der Waals surface area contributed by atoms with Gasteiger partial charge in [-0.15, -0.1) is 12.4 Å². The van der Waals surface area contributed by atoms with Gasteiger partial charge in [-0.05, 0) is 18.6 Å². The minimum Gasteiger partial charge on any atom is -0.505 e. The monoisotopic (exact) mass is 244 g/mol. The van der Waals surface area contributed by atoms with Crippen LogP contribution < -0.4 is 5.73 Å². The third-order valence-corrected chi connectivity index (χ3v) is 2.26. The predicted molar refractivity (Wildman–Crippen MR) is 61.9 cm³/mol. The van der Waals surface area contributed by atoms with E-state index < -0.39 is 17.6 Å². The molecule has 0 fully saturated rings. The summed E-state index contributed by atoms with van der Waals surface area (Å²) in [5.41, 5.74) is 6.21. The largest absolute Gasteiger partial charge is 0.505 e. The highest BCUT2D eigenvalue weighted by Gasteiger charge is 2.18. The summed E-state index contributed by atoms with van der Waals surface area (Å²) in [6.07, 6.45) is 1.41. The van der Waals surface area contributed by atoms with Crippen LogP contribution in [-0.2, 0) is 0 Å². The minimum atomic E-state index is -0.740. The molecule has 1 aromatic rings. The number of phenolic OH excluding ortho intramolecular Hbond substituents is 1. The van der Waals surface area contributed by atoms with Crippen LogP contribution in [0.2, 0.25) is 0 Å². The summed E-state index contributed by atoms with van der Waals surface area (Å²) < 4.78 is 13.1. The van der Waals surface area contributed by atoms with Gasteiger partial charge in [0, 0.05) is 11.6 Å². The van der Waals surface area contributed by atoms with Crippen molar-refractivity contribution in [1.29, 1.82) is 5.26 Å². The quantitative estimate of drug-likeness (QED) is 0.859. The van der Waals surface area contributed by atoms with E-state index in [4.69, 9.17) is 11.0 Å². The van der Waals surface area contributed by atoms with Crippen LogP contribution in [0.4, 0.5) is 4.39 Å². The molecule has 0 saturated carbocycles. The summed E-state index contributed by atoms with van der Waals surface area (Å²) in [6, 6.07) is 3.80. The first-order valence-corrected chi connectivity index (χ1v) is 4.78. The van der Waals surface area contributed by atoms with Gasteiger partial charge in [0.15, 0.2) is 11.6 Å². The Hall–Kier alpha value is -1.31. The first kappa shape index (κ1) is 14.7. The predicted octanol–water partition coefficient (Wildman–Crippen LogP) is 2.62. The lowest BCUT2D eigenvalue weighted by Crippen LogP contribution is -2.12. The molecule has 16 heavy (non-hydrogen) atoms. The average molecular weight is 245 g/mol. The average Bonchev–Trinajstić information content (AvgIpc) is 2.22. The van der Waals surface area contributed by atoms with E-state index in [0.717, 1.165) is 12.5 Å². The number of halogens is 2. The van der Waals surface area contributed by atoms with Crippen molar-refractivity contribution in [2.45, 2.75) is 25.8 Å². The van der Waals surface area contributed by atoms with Crippen LogP contribution >= 0.6 is 12.4 Å². The number of rotatable bonds is 3. The topological polar surface area (TPSA) is 70.0 Å². The van der Waals surface area contributed by atoms with Crippen LogP contribution in [0.1, 0.15) is 36.9 Å². The number of nitrogens with zero attached hydrogens (tertiary/aromatic N) is 1. The fraction of sp³-hybridized carbons (Fsp3) is 0.364. The number of phenols is 1. The normalized spacial score (nSPS) is 11.4. The standard InChI is InChI=1S/C11H13FN2O.ClH/c1-2-3-9(14)10-7(6-13)4-5-8(12)11(10)15;/h4-5,9,15H,2-3,14H2,1H3;1H/t9-;/m1./s1. The van der Waals surface area contributed by atoms with Gasteiger partial charge in [0.05, 0.1) is 11.6 Å². The van der Waals surface area contributed by atoms with Crippen LogP contribution in [0.15, 0.2) is 12.1 Å². The van der Waals surface area contributed by atoms with E-state index in [0.29, 0.717) is 6.42 Å². The van der Waals surface area contributed by atoms with Crippen molar-refractivity contribution in [3.05, 3.63) is 29.1 Å². The lowest BCUT2D eigenvalue weighted by atomic mass is 9.97. The van der Waals surface area contributed by atoms with Crippen LogP contribution in [0.25, 0.3) is 0 Å². The molecule has 3 N–H and O–H groups in total. The molecule has 88 valence electrons. The van der Waals surface area contributed by atoms with Gasteiger partial charge in [-0.2, -0.15) is 5.26 Å². The smallest absolute Gasteiger partial charge is 0.165 e. The number of hydrogen-bond donors (Lipinski definition) is 2. The zero-order valence-electron chi connectivity index (χ0n) is 8.90. The highest BCUT2D eigenvalue weighted by Crippen LogP contribution is 2.31. The van der Waals surface area contributed by atoms with E-state index in [1.807, 2.05) is 13.0 Å². The molecule has 0 aliphatic heterocycles. The van der Waals surface area contributed by atoms with E-state index in [1.54, 1.807) is 0 Å². The molecule has 0 aliphatic rings. The maximum Gasteiger partial charge on any atom is 0.165 e. The lowest BCUT2D eigenvalue weighted by molar-refractivity contribution is 0.418. The molecular weight excluding hydrogens is 231 g/mol. The van der Waals surface area contributed by atoms with Crippen molar-refractivity contribution < 1.29 is 9.50 Å². The Labute approximate surface area is 100 Å². The third-order valence-electron chi connectivity index (χ3n) is 2.26. The fourth-order valence-electron chi connectivity index (χ4n) is 1.51. The van der Waals surface area contributed by atoms with Gasteiger partial charge in [-0.3, -0.25) is 0 Å². The summed E-state index contributed by atoms with van der Waals surface area (Å²) in [6.45, 7) is 1.93. The molecule has 0 saturated heterocycles. The number of hydrogen-bond acceptors (Lipinski definition) is 3. The maximum atomic E-state index is 13.1. The highest BCUT2D eigenvalue weighted by molar-refractivity contribution is 5.85. The molecule has 0 bridgehead atoms. The molecule has 1 atom stereocenters. The van der Waals surface area contributed by atoms with Gasteiger partial charge in [0.1, 0.15) is 0 Å². The second kappa shape index (κ2) is 6.31. The van der Waals surface area contributed by atoms with Crippen LogP contribution in [0, 0.1) is 17.1 Å². The van der Waals surface area contributed by atoms with Gasteiger partial charge in [0.25, 0.3) is 0 Å². The second-order valence-corrected chi connectivity index (χ2v) is 3.36. The molecule has 1 aromatic carbocycles. The van der Waals surface area contributed by atoms with Crippen LogP contribution in [0.3, 0.4) is 0 Å². The van der Waals surface area contributed by atoms with Gasteiger partial charge in [-0.25, -0.2) is 4.39 Å². The molecule has 0 aromatic heterocycles. The lowest BCUT2D eigenvalue weighted by Gasteiger charge is -2.14. The van der Waals surface area contributed by atoms with E-state index >= 15 is 0 Å². The highest BCUT2D eigenvalue weighted by atomic mass is 35.5. The molecule has 0 amide bonds. The SMILES string of the molecule is CCC[C@@H](N)c1c(C#N)ccc(F)c1O.Cl. The Bertz CT molecular complexity index is 404. The molecular formula is C11H14ClFN2O. The number of nitriles is 1. The minimum absolute atomic E-state index is 0. The van der Waals surface area contributed by atoms with Gasteiger partial charge in [0.2, 0.25) is 0 Å². The van der Waals surface area contributed by atoms with Crippen molar-refractivity contribution in [1.82, 2.24) is 0 Å². The van der Waals surface area contributed by atoms with Crippen LogP contribution in [0.5, 0.6) is 5.75 Å². The summed E-state index contributed by atoms with van der Waals surface area (Å²) in [4.78, 5) is 0. The summed E-state index contributed by atoms with van der Waals surface area (Å²) in [5.74, 6) is -1.24. The Kier molecular flexibility index (Phi) is 5.79. The molecule has 0 heterocycles. The third kappa shape index (κ3) is 2.84. The Balaban J connectivity index is 0.00000225. The van der Waals surface area contributed by atoms with Crippen molar-refractivity contribution in [2.24, 2.45) is 5.73 Å². The van der Waals surface area contributed by atoms with Crippen LogP contribution in [-0.4, -0.2) is 5.11 Å². The van der Waals surface area contributed by atoms with Crippen molar-refractivity contribution in [3.63, 3.8) is 0 Å². The number of aromatic hydroxyl groups is 1. The van der Waals surface area contributed by atoms with Crippen molar-refractivity contribution in [3.8, 4) is 11.8 Å². The van der Waals surface area contributed by atoms with Gasteiger partial charge < -0.3 is 10.8 Å². The van der Waals surface area contributed by atoms with E-state index in [9.17, 15) is 9.50 Å². The summed E-state index contributed by atoms with van der Waals surface area (Å²) in [7, 11) is 0. The van der Waals surface area contributed by atoms with E-state index in [1.165, 1.54) is 6.07 Å². The first-order chi connectivity index (χ1) is 7.11. The zero-order valence-corrected chi connectivity index (χ0v) is 9.72. The van der Waals surface area contributed by atoms with E-state index in [-0.39, 0.29) is 23.5 Å². The summed E-state index contributed by atoms with van der Waals surface area (Å²) >= 11 is 0. The van der Waals surface area contributed by atoms with Gasteiger partial charge in [-0.1, -0.05) is 13.3 Å². The second-order valence-electron chi connectivity index (χ2n) is 3.36. The fourth-order valence-corrected chi connectivity index (χ4v) is 1.51. The molecule has 3 nitrogen and oxygen atoms in total. The number of nitrogens with two attached hydrogens (primary N) is 1. The Morgan fingerprint density at radius 3 is 2.69 bits per heavy atom. The molecule has 1 rings (SSSR count). The van der Waals surface area contributed by atoms with Crippen molar-refractivity contribution >= 4 is 12.4 Å².